The topological polar surface area (TPSA) is 41.5 Å². The van der Waals surface area contributed by atoms with Crippen LogP contribution < -0.4 is 5.32 Å². The predicted molar refractivity (Wildman–Crippen MR) is 52.8 cm³/mol. The summed E-state index contributed by atoms with van der Waals surface area (Å²) in [5.74, 6) is 0.843. The van der Waals surface area contributed by atoms with E-state index in [4.69, 9.17) is 4.74 Å². The van der Waals surface area contributed by atoms with Crippen molar-refractivity contribution in [3.63, 3.8) is 0 Å². The molecule has 3 nitrogen and oxygen atoms in total. The van der Waals surface area contributed by atoms with E-state index < -0.39 is 5.60 Å². The van der Waals surface area contributed by atoms with Gasteiger partial charge in [0.1, 0.15) is 11.4 Å². The van der Waals surface area contributed by atoms with Gasteiger partial charge in [-0.3, -0.25) is 0 Å². The van der Waals surface area contributed by atoms with Crippen LogP contribution >= 0.6 is 0 Å². The highest BCUT2D eigenvalue weighted by atomic mass is 16.5. The number of ether oxygens (including phenoxy) is 1. The van der Waals surface area contributed by atoms with Crippen LogP contribution in [0, 0.1) is 0 Å². The largest absolute Gasteiger partial charge is 0.495 e. The molecule has 3 aliphatic rings. The van der Waals surface area contributed by atoms with Gasteiger partial charge in [-0.2, -0.15) is 0 Å². The van der Waals surface area contributed by atoms with Crippen molar-refractivity contribution >= 4 is 0 Å². The maximum absolute atomic E-state index is 10.5. The molecule has 0 aromatic carbocycles. The van der Waals surface area contributed by atoms with Gasteiger partial charge in [-0.15, -0.1) is 0 Å². The zero-order valence-corrected chi connectivity index (χ0v) is 8.33. The summed E-state index contributed by atoms with van der Waals surface area (Å²) in [5.41, 5.74) is -0.659. The quantitative estimate of drug-likeness (QED) is 0.654. The lowest BCUT2D eigenvalue weighted by Crippen LogP contribution is -2.49. The van der Waals surface area contributed by atoms with E-state index in [-0.39, 0.29) is 0 Å². The zero-order chi connectivity index (χ0) is 9.60. The molecule has 0 spiro atoms. The fourth-order valence-corrected chi connectivity index (χ4v) is 3.07. The molecule has 3 heterocycles. The fraction of sp³-hybridized carbons (Fsp3) is 0.818. The van der Waals surface area contributed by atoms with Crippen molar-refractivity contribution in [2.75, 3.05) is 6.61 Å². The lowest BCUT2D eigenvalue weighted by molar-refractivity contribution is -0.0183. The summed E-state index contributed by atoms with van der Waals surface area (Å²) in [5, 5.41) is 14.0. The minimum absolute atomic E-state index is 0.504. The van der Waals surface area contributed by atoms with Crippen LogP contribution in [-0.2, 0) is 4.74 Å². The Hall–Kier alpha value is -0.540. The monoisotopic (exact) mass is 195 g/mol. The standard InChI is InChI=1S/C11H17NO2/c13-11(10-2-1-5-14-10)6-8-3-4-9(7-11)12-8/h2,8-9,12-13H,1,3-7H2. The third-order valence-electron chi connectivity index (χ3n) is 3.67. The normalized spacial score (nSPS) is 46.2. The molecule has 14 heavy (non-hydrogen) atoms. The summed E-state index contributed by atoms with van der Waals surface area (Å²) in [6, 6.07) is 1.01. The summed E-state index contributed by atoms with van der Waals surface area (Å²) in [4.78, 5) is 0. The van der Waals surface area contributed by atoms with E-state index >= 15 is 0 Å². The highest BCUT2D eigenvalue weighted by Crippen LogP contribution is 2.39. The molecule has 3 rings (SSSR count). The molecule has 0 radical (unpaired) electrons. The van der Waals surface area contributed by atoms with E-state index in [1.54, 1.807) is 0 Å². The van der Waals surface area contributed by atoms with E-state index in [2.05, 4.69) is 11.4 Å². The van der Waals surface area contributed by atoms with E-state index in [0.717, 1.165) is 31.6 Å². The fourth-order valence-electron chi connectivity index (χ4n) is 3.07. The Morgan fingerprint density at radius 2 is 2.07 bits per heavy atom. The van der Waals surface area contributed by atoms with E-state index in [1.165, 1.54) is 12.8 Å². The number of fused-ring (bicyclic) bond motifs is 2. The van der Waals surface area contributed by atoms with Crippen LogP contribution in [-0.4, -0.2) is 29.4 Å². The smallest absolute Gasteiger partial charge is 0.124 e. The molecule has 2 saturated heterocycles. The molecule has 2 fully saturated rings. The number of piperidine rings is 1. The van der Waals surface area contributed by atoms with Crippen LogP contribution in [0.15, 0.2) is 11.8 Å². The van der Waals surface area contributed by atoms with Crippen molar-refractivity contribution in [3.8, 4) is 0 Å². The van der Waals surface area contributed by atoms with E-state index in [0.29, 0.717) is 12.1 Å². The van der Waals surface area contributed by atoms with E-state index in [9.17, 15) is 5.11 Å². The summed E-state index contributed by atoms with van der Waals surface area (Å²) >= 11 is 0. The van der Waals surface area contributed by atoms with Gasteiger partial charge in [0.15, 0.2) is 0 Å². The van der Waals surface area contributed by atoms with Gasteiger partial charge in [-0.1, -0.05) is 0 Å². The minimum atomic E-state index is -0.659. The third-order valence-corrected chi connectivity index (χ3v) is 3.67. The van der Waals surface area contributed by atoms with Crippen LogP contribution in [0.3, 0.4) is 0 Å². The second-order valence-corrected chi connectivity index (χ2v) is 4.78. The van der Waals surface area contributed by atoms with Crippen LogP contribution in [0.2, 0.25) is 0 Å². The summed E-state index contributed by atoms with van der Waals surface area (Å²) in [6.45, 7) is 0.750. The van der Waals surface area contributed by atoms with Gasteiger partial charge in [0.05, 0.1) is 6.61 Å². The molecule has 0 aliphatic carbocycles. The van der Waals surface area contributed by atoms with Crippen LogP contribution in [0.5, 0.6) is 0 Å². The molecule has 0 saturated carbocycles. The molecular weight excluding hydrogens is 178 g/mol. The first-order chi connectivity index (χ1) is 6.76. The zero-order valence-electron chi connectivity index (χ0n) is 8.33. The van der Waals surface area contributed by atoms with Crippen molar-refractivity contribution in [1.29, 1.82) is 0 Å². The Labute approximate surface area is 84.1 Å². The average molecular weight is 195 g/mol. The minimum Gasteiger partial charge on any atom is -0.495 e. The number of rotatable bonds is 1. The van der Waals surface area contributed by atoms with Crippen LogP contribution in [0.25, 0.3) is 0 Å². The molecule has 0 aromatic heterocycles. The molecular formula is C11H17NO2. The predicted octanol–water partition coefficient (Wildman–Crippen LogP) is 0.936. The lowest BCUT2D eigenvalue weighted by atomic mass is 9.85. The first-order valence-corrected chi connectivity index (χ1v) is 5.58. The Balaban J connectivity index is 1.82. The van der Waals surface area contributed by atoms with Gasteiger partial charge >= 0.3 is 0 Å². The van der Waals surface area contributed by atoms with Crippen molar-refractivity contribution in [1.82, 2.24) is 5.32 Å². The number of aliphatic hydroxyl groups is 1. The van der Waals surface area contributed by atoms with Crippen molar-refractivity contribution in [3.05, 3.63) is 11.8 Å². The molecule has 0 amide bonds. The Morgan fingerprint density at radius 3 is 2.64 bits per heavy atom. The second-order valence-electron chi connectivity index (χ2n) is 4.78. The van der Waals surface area contributed by atoms with Gasteiger partial charge in [0.2, 0.25) is 0 Å². The molecule has 2 unspecified atom stereocenters. The van der Waals surface area contributed by atoms with E-state index in [1.807, 2.05) is 0 Å². The first-order valence-electron chi connectivity index (χ1n) is 5.58. The van der Waals surface area contributed by atoms with Gasteiger partial charge in [0.25, 0.3) is 0 Å². The molecule has 2 N–H and O–H groups in total. The second kappa shape index (κ2) is 2.97. The molecule has 2 atom stereocenters. The highest BCUT2D eigenvalue weighted by molar-refractivity contribution is 5.18. The molecule has 2 bridgehead atoms. The van der Waals surface area contributed by atoms with Crippen LogP contribution in [0.1, 0.15) is 32.1 Å². The van der Waals surface area contributed by atoms with Crippen molar-refractivity contribution in [2.24, 2.45) is 0 Å². The number of hydrogen-bond donors (Lipinski definition) is 2. The summed E-state index contributed by atoms with van der Waals surface area (Å²) in [7, 11) is 0. The lowest BCUT2D eigenvalue weighted by Gasteiger charge is -2.37. The van der Waals surface area contributed by atoms with Crippen molar-refractivity contribution < 1.29 is 9.84 Å². The Kier molecular flexibility index (Phi) is 1.86. The third kappa shape index (κ3) is 1.27. The van der Waals surface area contributed by atoms with Gasteiger partial charge in [-0.25, -0.2) is 0 Å². The average Bonchev–Trinajstić information content (AvgIpc) is 2.75. The maximum Gasteiger partial charge on any atom is 0.124 e. The first kappa shape index (κ1) is 8.74. The Bertz CT molecular complexity index is 262. The van der Waals surface area contributed by atoms with Gasteiger partial charge < -0.3 is 15.2 Å². The summed E-state index contributed by atoms with van der Waals surface area (Å²) in [6.07, 6.45) is 7.09. The maximum atomic E-state index is 10.5. The molecule has 3 aliphatic heterocycles. The summed E-state index contributed by atoms with van der Waals surface area (Å²) < 4.78 is 5.50. The number of nitrogens with one attached hydrogen (secondary N) is 1. The van der Waals surface area contributed by atoms with Gasteiger partial charge in [-0.05, 0) is 31.8 Å². The Morgan fingerprint density at radius 1 is 1.36 bits per heavy atom. The van der Waals surface area contributed by atoms with Crippen molar-refractivity contribution in [2.45, 2.75) is 49.8 Å². The molecule has 0 aromatic rings. The number of hydrogen-bond acceptors (Lipinski definition) is 3. The van der Waals surface area contributed by atoms with Crippen LogP contribution in [0.4, 0.5) is 0 Å². The molecule has 78 valence electrons. The highest BCUT2D eigenvalue weighted by Gasteiger charge is 2.46. The van der Waals surface area contributed by atoms with Gasteiger partial charge in [0, 0.05) is 18.5 Å². The molecule has 3 heteroatoms. The SMILES string of the molecule is OC1(C2=CCCO2)CC2CCC(C1)N2.